The standard InChI is InChI=1S/C11H20N2S/c1-3-11-12-6-8-13(11)7-4-10(2)5-9-14/h6,8,10,14H,3-5,7,9H2,1-2H3. The fraction of sp³-hybridized carbons (Fsp3) is 0.727. The lowest BCUT2D eigenvalue weighted by atomic mass is 10.1. The third kappa shape index (κ3) is 3.37. The van der Waals surface area contributed by atoms with Crippen molar-refractivity contribution in [1.29, 1.82) is 0 Å². The first-order valence-electron chi connectivity index (χ1n) is 5.38. The van der Waals surface area contributed by atoms with Crippen molar-refractivity contribution < 1.29 is 0 Å². The van der Waals surface area contributed by atoms with E-state index in [0.717, 1.165) is 24.6 Å². The number of hydrogen-bond donors (Lipinski definition) is 1. The summed E-state index contributed by atoms with van der Waals surface area (Å²) in [6.07, 6.45) is 7.42. The van der Waals surface area contributed by atoms with Crippen LogP contribution in [0.25, 0.3) is 0 Å². The predicted octanol–water partition coefficient (Wildman–Crippen LogP) is 2.79. The van der Waals surface area contributed by atoms with Gasteiger partial charge in [0, 0.05) is 25.4 Å². The second kappa shape index (κ2) is 6.12. The van der Waals surface area contributed by atoms with Gasteiger partial charge in [0.15, 0.2) is 0 Å². The molecule has 1 aromatic rings. The summed E-state index contributed by atoms with van der Waals surface area (Å²) in [5.41, 5.74) is 0. The minimum Gasteiger partial charge on any atom is -0.335 e. The second-order valence-electron chi connectivity index (χ2n) is 3.80. The lowest BCUT2D eigenvalue weighted by Gasteiger charge is -2.11. The maximum Gasteiger partial charge on any atom is 0.108 e. The highest BCUT2D eigenvalue weighted by Gasteiger charge is 2.03. The van der Waals surface area contributed by atoms with E-state index in [-0.39, 0.29) is 0 Å². The molecule has 3 heteroatoms. The van der Waals surface area contributed by atoms with Crippen LogP contribution in [0.1, 0.15) is 32.5 Å². The molecule has 1 aromatic heterocycles. The molecule has 0 aliphatic heterocycles. The van der Waals surface area contributed by atoms with E-state index in [9.17, 15) is 0 Å². The zero-order chi connectivity index (χ0) is 10.4. The van der Waals surface area contributed by atoms with Crippen LogP contribution in [0.4, 0.5) is 0 Å². The van der Waals surface area contributed by atoms with Crippen LogP contribution in [0.15, 0.2) is 12.4 Å². The van der Waals surface area contributed by atoms with Gasteiger partial charge in [-0.1, -0.05) is 13.8 Å². The minimum atomic E-state index is 0.764. The number of imidazole rings is 1. The second-order valence-corrected chi connectivity index (χ2v) is 4.24. The topological polar surface area (TPSA) is 17.8 Å². The largest absolute Gasteiger partial charge is 0.335 e. The van der Waals surface area contributed by atoms with Crippen molar-refractivity contribution in [3.63, 3.8) is 0 Å². The van der Waals surface area contributed by atoms with Gasteiger partial charge in [-0.3, -0.25) is 0 Å². The summed E-state index contributed by atoms with van der Waals surface area (Å²) in [5.74, 6) is 2.95. The SMILES string of the molecule is CCc1nccn1CCC(C)CCS. The van der Waals surface area contributed by atoms with Crippen molar-refractivity contribution in [3.8, 4) is 0 Å². The van der Waals surface area contributed by atoms with Gasteiger partial charge in [-0.25, -0.2) is 4.98 Å². The first-order valence-corrected chi connectivity index (χ1v) is 6.02. The molecule has 0 aliphatic rings. The van der Waals surface area contributed by atoms with Gasteiger partial charge in [-0.05, 0) is 24.5 Å². The molecule has 0 fully saturated rings. The Morgan fingerprint density at radius 2 is 2.29 bits per heavy atom. The van der Waals surface area contributed by atoms with Crippen LogP contribution in [0.2, 0.25) is 0 Å². The predicted molar refractivity (Wildman–Crippen MR) is 63.9 cm³/mol. The smallest absolute Gasteiger partial charge is 0.108 e. The highest BCUT2D eigenvalue weighted by Crippen LogP contribution is 2.11. The van der Waals surface area contributed by atoms with Crippen molar-refractivity contribution in [1.82, 2.24) is 9.55 Å². The molecule has 14 heavy (non-hydrogen) atoms. The normalized spacial score (nSPS) is 13.1. The van der Waals surface area contributed by atoms with Gasteiger partial charge in [0.2, 0.25) is 0 Å². The number of aromatic nitrogens is 2. The Kier molecular flexibility index (Phi) is 5.09. The minimum absolute atomic E-state index is 0.764. The molecule has 1 heterocycles. The third-order valence-electron chi connectivity index (χ3n) is 2.60. The van der Waals surface area contributed by atoms with E-state index in [1.165, 1.54) is 18.7 Å². The highest BCUT2D eigenvalue weighted by molar-refractivity contribution is 7.80. The monoisotopic (exact) mass is 212 g/mol. The van der Waals surface area contributed by atoms with Crippen molar-refractivity contribution in [2.75, 3.05) is 5.75 Å². The summed E-state index contributed by atoms with van der Waals surface area (Å²) in [6.45, 7) is 5.53. The average Bonchev–Trinajstić information content (AvgIpc) is 2.62. The van der Waals surface area contributed by atoms with Crippen LogP contribution in [0.3, 0.4) is 0 Å². The van der Waals surface area contributed by atoms with E-state index in [2.05, 4.69) is 42.2 Å². The molecule has 0 aliphatic carbocycles. The van der Waals surface area contributed by atoms with E-state index < -0.39 is 0 Å². The summed E-state index contributed by atoms with van der Waals surface area (Å²) in [4.78, 5) is 4.31. The fourth-order valence-corrected chi connectivity index (χ4v) is 2.02. The summed E-state index contributed by atoms with van der Waals surface area (Å²) in [6, 6.07) is 0. The molecule has 2 nitrogen and oxygen atoms in total. The molecule has 0 radical (unpaired) electrons. The number of thiol groups is 1. The Morgan fingerprint density at radius 1 is 1.50 bits per heavy atom. The Hall–Kier alpha value is -0.440. The van der Waals surface area contributed by atoms with E-state index >= 15 is 0 Å². The van der Waals surface area contributed by atoms with Crippen LogP contribution in [-0.4, -0.2) is 15.3 Å². The summed E-state index contributed by atoms with van der Waals surface area (Å²) in [7, 11) is 0. The zero-order valence-electron chi connectivity index (χ0n) is 9.11. The van der Waals surface area contributed by atoms with Crippen molar-refractivity contribution in [3.05, 3.63) is 18.2 Å². The Bertz CT molecular complexity index is 258. The quantitative estimate of drug-likeness (QED) is 0.718. The molecule has 1 atom stereocenters. The Morgan fingerprint density at radius 3 is 2.93 bits per heavy atom. The summed E-state index contributed by atoms with van der Waals surface area (Å²) in [5, 5.41) is 0. The van der Waals surface area contributed by atoms with Crippen molar-refractivity contribution in [2.24, 2.45) is 5.92 Å². The van der Waals surface area contributed by atoms with Crippen LogP contribution >= 0.6 is 12.6 Å². The Labute approximate surface area is 92.1 Å². The van der Waals surface area contributed by atoms with Gasteiger partial charge in [0.25, 0.3) is 0 Å². The van der Waals surface area contributed by atoms with Crippen LogP contribution in [0, 0.1) is 5.92 Å². The lowest BCUT2D eigenvalue weighted by molar-refractivity contribution is 0.465. The molecule has 1 unspecified atom stereocenters. The van der Waals surface area contributed by atoms with Crippen LogP contribution < -0.4 is 0 Å². The van der Waals surface area contributed by atoms with Gasteiger partial charge < -0.3 is 4.57 Å². The van der Waals surface area contributed by atoms with Crippen molar-refractivity contribution >= 4 is 12.6 Å². The van der Waals surface area contributed by atoms with E-state index in [4.69, 9.17) is 0 Å². The molecule has 0 amide bonds. The van der Waals surface area contributed by atoms with Crippen LogP contribution in [-0.2, 0) is 13.0 Å². The van der Waals surface area contributed by atoms with Gasteiger partial charge in [-0.15, -0.1) is 0 Å². The highest BCUT2D eigenvalue weighted by atomic mass is 32.1. The molecule has 0 N–H and O–H groups in total. The maximum atomic E-state index is 4.31. The molecule has 0 aromatic carbocycles. The fourth-order valence-electron chi connectivity index (χ4n) is 1.58. The number of aryl methyl sites for hydroxylation is 2. The summed E-state index contributed by atoms with van der Waals surface area (Å²) < 4.78 is 2.26. The van der Waals surface area contributed by atoms with Crippen molar-refractivity contribution in [2.45, 2.75) is 39.7 Å². The Balaban J connectivity index is 2.37. The van der Waals surface area contributed by atoms with E-state index in [0.29, 0.717) is 0 Å². The molecular formula is C11H20N2S. The molecule has 0 saturated carbocycles. The molecule has 80 valence electrons. The number of nitrogens with zero attached hydrogens (tertiary/aromatic N) is 2. The first kappa shape index (κ1) is 11.6. The van der Waals surface area contributed by atoms with Gasteiger partial charge in [0.05, 0.1) is 0 Å². The lowest BCUT2D eigenvalue weighted by Crippen LogP contribution is -2.06. The van der Waals surface area contributed by atoms with E-state index in [1.54, 1.807) is 0 Å². The number of rotatable bonds is 6. The molecule has 0 spiro atoms. The number of hydrogen-bond acceptors (Lipinski definition) is 2. The van der Waals surface area contributed by atoms with Gasteiger partial charge in [0.1, 0.15) is 5.82 Å². The zero-order valence-corrected chi connectivity index (χ0v) is 10.0. The average molecular weight is 212 g/mol. The third-order valence-corrected chi connectivity index (χ3v) is 2.86. The van der Waals surface area contributed by atoms with Crippen LogP contribution in [0.5, 0.6) is 0 Å². The maximum absolute atomic E-state index is 4.31. The first-order chi connectivity index (χ1) is 6.77. The molecule has 0 bridgehead atoms. The summed E-state index contributed by atoms with van der Waals surface area (Å²) >= 11 is 4.25. The van der Waals surface area contributed by atoms with Gasteiger partial charge in [-0.2, -0.15) is 12.6 Å². The molecular weight excluding hydrogens is 192 g/mol. The van der Waals surface area contributed by atoms with Gasteiger partial charge >= 0.3 is 0 Å². The molecule has 1 rings (SSSR count). The molecule has 0 saturated heterocycles. The van der Waals surface area contributed by atoms with E-state index in [1.807, 2.05) is 6.20 Å².